The van der Waals surface area contributed by atoms with Crippen LogP contribution >= 0.6 is 0 Å². The average Bonchev–Trinajstić information content (AvgIpc) is 2.82. The van der Waals surface area contributed by atoms with Gasteiger partial charge in [0.15, 0.2) is 0 Å². The number of rotatable bonds is 5. The molecule has 0 spiro atoms. The van der Waals surface area contributed by atoms with E-state index in [1.54, 1.807) is 0 Å². The second kappa shape index (κ2) is 8.55. The summed E-state index contributed by atoms with van der Waals surface area (Å²) < 4.78 is 0. The van der Waals surface area contributed by atoms with E-state index in [9.17, 15) is 0 Å². The molecular weight excluding hydrogens is 394 g/mol. The first-order valence-electron chi connectivity index (χ1n) is 10.6. The largest absolute Gasteiger partial charge is 0.365 e. The van der Waals surface area contributed by atoms with Gasteiger partial charge in [0.05, 0.1) is 5.69 Å². The fourth-order valence-electron chi connectivity index (χ4n) is 3.81. The third-order valence-electron chi connectivity index (χ3n) is 5.47. The molecule has 0 bridgehead atoms. The van der Waals surface area contributed by atoms with Gasteiger partial charge in [-0.1, -0.05) is 18.2 Å². The highest BCUT2D eigenvalue weighted by atomic mass is 15.0. The molecule has 5 rings (SSSR count). The molecule has 0 radical (unpaired) electrons. The number of hydrogen-bond acceptors (Lipinski definition) is 5. The first-order valence-corrected chi connectivity index (χ1v) is 10.6. The van der Waals surface area contributed by atoms with Crippen molar-refractivity contribution in [3.63, 3.8) is 0 Å². The third-order valence-corrected chi connectivity index (χ3v) is 5.47. The van der Waals surface area contributed by atoms with Gasteiger partial charge in [-0.15, -0.1) is 0 Å². The number of nitrogens with zero attached hydrogens (tertiary/aromatic N) is 4. The molecule has 0 fully saturated rings. The molecule has 32 heavy (non-hydrogen) atoms. The van der Waals surface area contributed by atoms with Gasteiger partial charge in [0, 0.05) is 53.7 Å². The molecule has 5 nitrogen and oxygen atoms in total. The fourth-order valence-corrected chi connectivity index (χ4v) is 3.81. The smallest absolute Gasteiger partial charge is 0.134 e. The van der Waals surface area contributed by atoms with Crippen LogP contribution in [-0.4, -0.2) is 19.9 Å². The Labute approximate surface area is 187 Å². The summed E-state index contributed by atoms with van der Waals surface area (Å²) in [5.74, 6) is 0.869. The lowest BCUT2D eigenvalue weighted by Gasteiger charge is -2.11. The van der Waals surface area contributed by atoms with Gasteiger partial charge in [-0.3, -0.25) is 15.0 Å². The van der Waals surface area contributed by atoms with E-state index < -0.39 is 0 Å². The van der Waals surface area contributed by atoms with Crippen LogP contribution in [0, 0.1) is 13.8 Å². The molecule has 0 aliphatic rings. The van der Waals surface area contributed by atoms with E-state index in [-0.39, 0.29) is 0 Å². The summed E-state index contributed by atoms with van der Waals surface area (Å²) in [7, 11) is 0. The molecule has 5 heteroatoms. The minimum atomic E-state index is 0.653. The van der Waals surface area contributed by atoms with Gasteiger partial charge < -0.3 is 5.32 Å². The third kappa shape index (κ3) is 4.18. The maximum atomic E-state index is 4.62. The Balaban J connectivity index is 1.35. The Kier molecular flexibility index (Phi) is 5.30. The van der Waals surface area contributed by atoms with Crippen LogP contribution in [-0.2, 0) is 6.54 Å². The Morgan fingerprint density at radius 3 is 2.12 bits per heavy atom. The molecule has 4 aromatic heterocycles. The summed E-state index contributed by atoms with van der Waals surface area (Å²) >= 11 is 0. The Hall–Kier alpha value is -4.12. The molecule has 4 heterocycles. The van der Waals surface area contributed by atoms with Crippen molar-refractivity contribution in [3.05, 3.63) is 102 Å². The van der Waals surface area contributed by atoms with Gasteiger partial charge >= 0.3 is 0 Å². The lowest BCUT2D eigenvalue weighted by atomic mass is 10.0. The van der Waals surface area contributed by atoms with E-state index in [4.69, 9.17) is 0 Å². The number of aryl methyl sites for hydroxylation is 2. The zero-order valence-electron chi connectivity index (χ0n) is 18.1. The normalized spacial score (nSPS) is 10.9. The summed E-state index contributed by atoms with van der Waals surface area (Å²) in [6.45, 7) is 4.65. The van der Waals surface area contributed by atoms with Crippen LogP contribution in [0.4, 0.5) is 5.82 Å². The molecule has 156 valence electrons. The van der Waals surface area contributed by atoms with Crippen molar-refractivity contribution in [3.8, 4) is 22.4 Å². The maximum Gasteiger partial charge on any atom is 0.134 e. The van der Waals surface area contributed by atoms with E-state index in [0.29, 0.717) is 6.54 Å². The summed E-state index contributed by atoms with van der Waals surface area (Å²) in [5, 5.41) is 5.71. The topological polar surface area (TPSA) is 63.6 Å². The molecule has 0 unspecified atom stereocenters. The minimum Gasteiger partial charge on any atom is -0.365 e. The summed E-state index contributed by atoms with van der Waals surface area (Å²) in [6.07, 6.45) is 7.42. The molecule has 0 saturated carbocycles. The van der Waals surface area contributed by atoms with Crippen LogP contribution in [0.3, 0.4) is 0 Å². The van der Waals surface area contributed by atoms with Crippen molar-refractivity contribution >= 4 is 16.6 Å². The molecule has 0 atom stereocenters. The molecule has 1 aromatic carbocycles. The molecule has 0 aliphatic heterocycles. The highest BCUT2D eigenvalue weighted by molar-refractivity contribution is 5.94. The molecule has 1 N–H and O–H groups in total. The first-order chi connectivity index (χ1) is 15.7. The van der Waals surface area contributed by atoms with E-state index in [1.807, 2.05) is 69.0 Å². The number of aromatic nitrogens is 4. The van der Waals surface area contributed by atoms with Crippen LogP contribution in [0.5, 0.6) is 0 Å². The van der Waals surface area contributed by atoms with E-state index in [2.05, 4.69) is 55.6 Å². The van der Waals surface area contributed by atoms with Crippen LogP contribution in [0.1, 0.15) is 17.0 Å². The molecule has 5 aromatic rings. The highest BCUT2D eigenvalue weighted by Gasteiger charge is 2.06. The van der Waals surface area contributed by atoms with E-state index in [0.717, 1.165) is 44.8 Å². The summed E-state index contributed by atoms with van der Waals surface area (Å²) in [4.78, 5) is 17.7. The quantitative estimate of drug-likeness (QED) is 0.381. The van der Waals surface area contributed by atoms with Crippen LogP contribution in [0.15, 0.2) is 85.5 Å². The van der Waals surface area contributed by atoms with E-state index >= 15 is 0 Å². The van der Waals surface area contributed by atoms with Crippen molar-refractivity contribution in [2.45, 2.75) is 20.4 Å². The van der Waals surface area contributed by atoms with Gasteiger partial charge in [-0.2, -0.15) is 0 Å². The lowest BCUT2D eigenvalue weighted by Crippen LogP contribution is -2.02. The Morgan fingerprint density at radius 2 is 1.38 bits per heavy atom. The van der Waals surface area contributed by atoms with Crippen LogP contribution in [0.2, 0.25) is 0 Å². The van der Waals surface area contributed by atoms with Gasteiger partial charge in [0.2, 0.25) is 0 Å². The van der Waals surface area contributed by atoms with Crippen molar-refractivity contribution in [2.75, 3.05) is 5.32 Å². The molecule has 0 amide bonds. The lowest BCUT2D eigenvalue weighted by molar-refractivity contribution is 1.09. The van der Waals surface area contributed by atoms with Crippen molar-refractivity contribution in [1.29, 1.82) is 0 Å². The maximum absolute atomic E-state index is 4.62. The molecule has 0 aliphatic carbocycles. The summed E-state index contributed by atoms with van der Waals surface area (Å²) in [6, 6.07) is 20.8. The Bertz CT molecular complexity index is 1390. The standard InChI is InChI=1S/C27H23N5/c1-18-13-22(7-10-28-18)21-4-5-25-23(15-21)8-12-30-27(25)32-17-20-3-6-26(31-16-20)24-9-11-29-19(2)14-24/h3-16H,17H2,1-2H3,(H,30,32). The van der Waals surface area contributed by atoms with Crippen LogP contribution in [0.25, 0.3) is 33.2 Å². The zero-order chi connectivity index (χ0) is 21.9. The van der Waals surface area contributed by atoms with Gasteiger partial charge in [-0.25, -0.2) is 4.98 Å². The van der Waals surface area contributed by atoms with E-state index in [1.165, 1.54) is 11.1 Å². The zero-order valence-corrected chi connectivity index (χ0v) is 18.1. The SMILES string of the molecule is Cc1cc(-c2ccc3c(NCc4ccc(-c5ccnc(C)c5)nc4)nccc3c2)ccn1. The first kappa shape index (κ1) is 19.8. The minimum absolute atomic E-state index is 0.653. The second-order valence-corrected chi connectivity index (χ2v) is 7.87. The number of benzene rings is 1. The predicted octanol–water partition coefficient (Wildman–Crippen LogP) is 5.98. The number of anilines is 1. The van der Waals surface area contributed by atoms with Crippen molar-refractivity contribution in [2.24, 2.45) is 0 Å². The number of fused-ring (bicyclic) bond motifs is 1. The highest BCUT2D eigenvalue weighted by Crippen LogP contribution is 2.28. The molecular formula is C27H23N5. The molecule has 0 saturated heterocycles. The van der Waals surface area contributed by atoms with Gasteiger partial charge in [-0.05, 0) is 78.4 Å². The van der Waals surface area contributed by atoms with Crippen molar-refractivity contribution < 1.29 is 0 Å². The average molecular weight is 418 g/mol. The number of pyridine rings is 4. The monoisotopic (exact) mass is 417 g/mol. The van der Waals surface area contributed by atoms with Crippen LogP contribution < -0.4 is 5.32 Å². The van der Waals surface area contributed by atoms with Gasteiger partial charge in [0.1, 0.15) is 5.82 Å². The Morgan fingerprint density at radius 1 is 0.656 bits per heavy atom. The fraction of sp³-hybridized carbons (Fsp3) is 0.111. The second-order valence-electron chi connectivity index (χ2n) is 7.87. The van der Waals surface area contributed by atoms with Gasteiger partial charge in [0.25, 0.3) is 0 Å². The summed E-state index contributed by atoms with van der Waals surface area (Å²) in [5.41, 5.74) is 7.46. The number of nitrogens with one attached hydrogen (secondary N) is 1. The number of hydrogen-bond donors (Lipinski definition) is 1. The van der Waals surface area contributed by atoms with Crippen molar-refractivity contribution in [1.82, 2.24) is 19.9 Å². The predicted molar refractivity (Wildman–Crippen MR) is 129 cm³/mol.